The van der Waals surface area contributed by atoms with Gasteiger partial charge in [0.2, 0.25) is 5.16 Å². The maximum atomic E-state index is 4.32. The van der Waals surface area contributed by atoms with Crippen molar-refractivity contribution < 1.29 is 0 Å². The Bertz CT molecular complexity index is 559. The number of hydrogen-bond acceptors (Lipinski definition) is 4. The maximum Gasteiger partial charge on any atom is 0.212 e. The first-order valence-corrected chi connectivity index (χ1v) is 6.02. The smallest absolute Gasteiger partial charge is 0.187 e. The molecule has 0 bridgehead atoms. The van der Waals surface area contributed by atoms with Gasteiger partial charge in [-0.25, -0.2) is 0 Å². The van der Waals surface area contributed by atoms with Crippen LogP contribution in [-0.4, -0.2) is 26.8 Å². The van der Waals surface area contributed by atoms with Crippen molar-refractivity contribution in [2.24, 2.45) is 5.10 Å². The van der Waals surface area contributed by atoms with Crippen LogP contribution in [0.1, 0.15) is 5.56 Å². The predicted molar refractivity (Wildman–Crippen MR) is 64.8 cm³/mol. The van der Waals surface area contributed by atoms with Gasteiger partial charge >= 0.3 is 0 Å². The Labute approximate surface area is 97.4 Å². The maximum absolute atomic E-state index is 4.32. The molecular weight excluding hydrogens is 220 g/mol. The standard InChI is InChI=1S/C11H10N4S/c1-8-4-2-3-5-9(8)10-13-14-11-15(10)12-6-7-16-11/h2-6H,7H2,1H3. The number of nitrogens with zero attached hydrogens (tertiary/aromatic N) is 4. The van der Waals surface area contributed by atoms with Crippen LogP contribution in [0, 0.1) is 6.92 Å². The molecule has 0 saturated heterocycles. The summed E-state index contributed by atoms with van der Waals surface area (Å²) in [6.07, 6.45) is 1.88. The first-order valence-electron chi connectivity index (χ1n) is 5.03. The van der Waals surface area contributed by atoms with Crippen LogP contribution in [0.15, 0.2) is 34.5 Å². The van der Waals surface area contributed by atoms with Gasteiger partial charge in [-0.3, -0.25) is 0 Å². The molecule has 3 rings (SSSR count). The molecule has 0 unspecified atom stereocenters. The lowest BCUT2D eigenvalue weighted by Crippen LogP contribution is -2.02. The van der Waals surface area contributed by atoms with E-state index in [0.29, 0.717) is 0 Å². The number of thioether (sulfide) groups is 1. The normalized spacial score (nSPS) is 13.8. The fraction of sp³-hybridized carbons (Fsp3) is 0.182. The van der Waals surface area contributed by atoms with E-state index in [1.807, 2.05) is 24.4 Å². The third-order valence-electron chi connectivity index (χ3n) is 2.48. The summed E-state index contributed by atoms with van der Waals surface area (Å²) in [6.45, 7) is 2.07. The van der Waals surface area contributed by atoms with E-state index in [4.69, 9.17) is 0 Å². The molecule has 2 aromatic rings. The van der Waals surface area contributed by atoms with Crippen molar-refractivity contribution in [1.82, 2.24) is 14.9 Å². The summed E-state index contributed by atoms with van der Waals surface area (Å²) in [7, 11) is 0. The van der Waals surface area contributed by atoms with Gasteiger partial charge in [0.25, 0.3) is 0 Å². The van der Waals surface area contributed by atoms with Gasteiger partial charge in [-0.1, -0.05) is 36.0 Å². The van der Waals surface area contributed by atoms with Crippen molar-refractivity contribution in [3.63, 3.8) is 0 Å². The van der Waals surface area contributed by atoms with Crippen LogP contribution in [0.2, 0.25) is 0 Å². The van der Waals surface area contributed by atoms with Crippen molar-refractivity contribution in [1.29, 1.82) is 0 Å². The van der Waals surface area contributed by atoms with Crippen LogP contribution in [-0.2, 0) is 0 Å². The summed E-state index contributed by atoms with van der Waals surface area (Å²) in [6, 6.07) is 8.13. The summed E-state index contributed by atoms with van der Waals surface area (Å²) in [5, 5.41) is 13.5. The Morgan fingerprint density at radius 3 is 3.00 bits per heavy atom. The summed E-state index contributed by atoms with van der Waals surface area (Å²) in [5.74, 6) is 1.68. The topological polar surface area (TPSA) is 43.1 Å². The number of rotatable bonds is 1. The summed E-state index contributed by atoms with van der Waals surface area (Å²) >= 11 is 1.65. The van der Waals surface area contributed by atoms with E-state index < -0.39 is 0 Å². The zero-order chi connectivity index (χ0) is 11.0. The lowest BCUT2D eigenvalue weighted by molar-refractivity contribution is 0.767. The fourth-order valence-corrected chi connectivity index (χ4v) is 2.32. The lowest BCUT2D eigenvalue weighted by Gasteiger charge is -2.08. The molecule has 1 aliphatic heterocycles. The monoisotopic (exact) mass is 230 g/mol. The van der Waals surface area contributed by atoms with Gasteiger partial charge in [-0.05, 0) is 12.5 Å². The molecule has 0 atom stereocenters. The highest BCUT2D eigenvalue weighted by Crippen LogP contribution is 2.27. The third-order valence-corrected chi connectivity index (χ3v) is 3.31. The van der Waals surface area contributed by atoms with Crippen molar-refractivity contribution >= 4 is 18.0 Å². The van der Waals surface area contributed by atoms with Gasteiger partial charge in [-0.2, -0.15) is 9.78 Å². The predicted octanol–water partition coefficient (Wildman–Crippen LogP) is 2.19. The van der Waals surface area contributed by atoms with Crippen molar-refractivity contribution in [2.75, 3.05) is 5.75 Å². The molecule has 1 aliphatic rings. The number of hydrogen-bond donors (Lipinski definition) is 0. The van der Waals surface area contributed by atoms with Gasteiger partial charge in [0.1, 0.15) is 0 Å². The number of benzene rings is 1. The van der Waals surface area contributed by atoms with Crippen molar-refractivity contribution in [3.8, 4) is 11.4 Å². The first-order chi connectivity index (χ1) is 7.86. The van der Waals surface area contributed by atoms with E-state index in [0.717, 1.165) is 22.3 Å². The van der Waals surface area contributed by atoms with Gasteiger partial charge in [0.05, 0.1) is 0 Å². The second-order valence-corrected chi connectivity index (χ2v) is 4.53. The minimum atomic E-state index is 0.816. The molecule has 0 fully saturated rings. The van der Waals surface area contributed by atoms with Gasteiger partial charge < -0.3 is 0 Å². The lowest BCUT2D eigenvalue weighted by atomic mass is 10.1. The Morgan fingerprint density at radius 2 is 2.12 bits per heavy atom. The molecule has 80 valence electrons. The molecule has 2 heterocycles. The average molecular weight is 230 g/mol. The van der Waals surface area contributed by atoms with Gasteiger partial charge in [0.15, 0.2) is 5.82 Å². The third kappa shape index (κ3) is 1.44. The Balaban J connectivity index is 2.19. The molecular formula is C11H10N4S. The molecule has 0 spiro atoms. The van der Waals surface area contributed by atoms with E-state index in [-0.39, 0.29) is 0 Å². The number of aromatic nitrogens is 3. The zero-order valence-corrected chi connectivity index (χ0v) is 9.61. The van der Waals surface area contributed by atoms with Crippen LogP contribution < -0.4 is 0 Å². The Kier molecular flexibility index (Phi) is 2.25. The van der Waals surface area contributed by atoms with Crippen LogP contribution in [0.4, 0.5) is 0 Å². The largest absolute Gasteiger partial charge is 0.212 e. The molecule has 1 aromatic heterocycles. The highest BCUT2D eigenvalue weighted by atomic mass is 32.2. The highest BCUT2D eigenvalue weighted by Gasteiger charge is 2.16. The molecule has 0 N–H and O–H groups in total. The van der Waals surface area contributed by atoms with Crippen molar-refractivity contribution in [2.45, 2.75) is 12.1 Å². The number of aryl methyl sites for hydroxylation is 1. The van der Waals surface area contributed by atoms with E-state index in [1.165, 1.54) is 5.56 Å². The van der Waals surface area contributed by atoms with Crippen LogP contribution in [0.3, 0.4) is 0 Å². The molecule has 4 nitrogen and oxygen atoms in total. The van der Waals surface area contributed by atoms with Crippen molar-refractivity contribution in [3.05, 3.63) is 29.8 Å². The molecule has 0 aliphatic carbocycles. The van der Waals surface area contributed by atoms with E-state index in [2.05, 4.69) is 28.3 Å². The SMILES string of the molecule is Cc1ccccc1-c1nnc2n1N=CCS2. The second-order valence-electron chi connectivity index (χ2n) is 3.54. The summed E-state index contributed by atoms with van der Waals surface area (Å²) < 4.78 is 1.80. The number of fused-ring (bicyclic) bond motifs is 1. The van der Waals surface area contributed by atoms with E-state index in [1.54, 1.807) is 16.4 Å². The van der Waals surface area contributed by atoms with E-state index in [9.17, 15) is 0 Å². The molecule has 0 amide bonds. The Morgan fingerprint density at radius 1 is 1.25 bits per heavy atom. The van der Waals surface area contributed by atoms with Gasteiger partial charge in [-0.15, -0.1) is 10.2 Å². The molecule has 1 aromatic carbocycles. The molecule has 0 radical (unpaired) electrons. The highest BCUT2D eigenvalue weighted by molar-refractivity contribution is 7.99. The van der Waals surface area contributed by atoms with Crippen LogP contribution >= 0.6 is 11.8 Å². The summed E-state index contributed by atoms with van der Waals surface area (Å²) in [5.41, 5.74) is 2.27. The second kappa shape index (κ2) is 3.75. The van der Waals surface area contributed by atoms with E-state index >= 15 is 0 Å². The minimum absolute atomic E-state index is 0.816. The first kappa shape index (κ1) is 9.59. The fourth-order valence-electron chi connectivity index (χ4n) is 1.68. The Hall–Kier alpha value is -1.62. The quantitative estimate of drug-likeness (QED) is 0.754. The minimum Gasteiger partial charge on any atom is -0.187 e. The molecule has 0 saturated carbocycles. The van der Waals surface area contributed by atoms with Crippen LogP contribution in [0.5, 0.6) is 0 Å². The summed E-state index contributed by atoms with van der Waals surface area (Å²) in [4.78, 5) is 0. The van der Waals surface area contributed by atoms with Crippen LogP contribution in [0.25, 0.3) is 11.4 Å². The average Bonchev–Trinajstić information content (AvgIpc) is 2.74. The molecule has 16 heavy (non-hydrogen) atoms. The van der Waals surface area contributed by atoms with Gasteiger partial charge in [0, 0.05) is 17.5 Å². The zero-order valence-electron chi connectivity index (χ0n) is 8.79. The molecule has 5 heteroatoms.